The first kappa shape index (κ1) is 23.3. The predicted molar refractivity (Wildman–Crippen MR) is 120 cm³/mol. The number of nitrogens with zero attached hydrogens (tertiary/aromatic N) is 2. The number of hydrogen-bond acceptors (Lipinski definition) is 7. The lowest BCUT2D eigenvalue weighted by molar-refractivity contribution is 0.0751. The lowest BCUT2D eigenvalue weighted by atomic mass is 10.0. The molecule has 1 aliphatic rings. The molecule has 0 spiro atoms. The average Bonchev–Trinajstić information content (AvgIpc) is 2.78. The Kier molecular flexibility index (Phi) is 7.14. The van der Waals surface area contributed by atoms with Crippen LogP contribution in [0.3, 0.4) is 0 Å². The highest BCUT2D eigenvalue weighted by molar-refractivity contribution is 7.90. The Morgan fingerprint density at radius 3 is 2.50 bits per heavy atom. The Bertz CT molecular complexity index is 1140. The Balaban J connectivity index is 1.80. The van der Waals surface area contributed by atoms with Crippen LogP contribution in [0.25, 0.3) is 0 Å². The molecule has 3 rings (SSSR count). The smallest absolute Gasteiger partial charge is 0.411 e. The van der Waals surface area contributed by atoms with E-state index in [0.717, 1.165) is 6.26 Å². The van der Waals surface area contributed by atoms with E-state index in [1.54, 1.807) is 43.3 Å². The molecular formula is C22H25N3O6S. The van der Waals surface area contributed by atoms with Gasteiger partial charge in [0.1, 0.15) is 10.6 Å². The molecule has 0 saturated heterocycles. The Labute approximate surface area is 186 Å². The van der Waals surface area contributed by atoms with Crippen molar-refractivity contribution in [2.75, 3.05) is 31.8 Å². The fourth-order valence-corrected chi connectivity index (χ4v) is 4.10. The summed E-state index contributed by atoms with van der Waals surface area (Å²) < 4.78 is 33.9. The fraction of sp³-hybridized carbons (Fsp3) is 0.318. The number of anilines is 1. The number of rotatable bonds is 6. The number of carbonyl (C=O) groups excluding carboxylic acids is 2. The van der Waals surface area contributed by atoms with E-state index in [0.29, 0.717) is 41.9 Å². The number of methoxy groups -OCH3 is 1. The van der Waals surface area contributed by atoms with Crippen LogP contribution in [0.2, 0.25) is 0 Å². The summed E-state index contributed by atoms with van der Waals surface area (Å²) in [5, 5.41) is 8.46. The van der Waals surface area contributed by atoms with E-state index in [1.165, 1.54) is 18.2 Å². The van der Waals surface area contributed by atoms with Crippen molar-refractivity contribution in [2.45, 2.75) is 24.7 Å². The molecule has 0 unspecified atom stereocenters. The van der Waals surface area contributed by atoms with E-state index in [2.05, 4.69) is 10.4 Å². The van der Waals surface area contributed by atoms with Crippen LogP contribution in [-0.4, -0.2) is 57.7 Å². The van der Waals surface area contributed by atoms with Crippen LogP contribution in [0.5, 0.6) is 5.75 Å². The third-order valence-corrected chi connectivity index (χ3v) is 5.95. The third-order valence-electron chi connectivity index (χ3n) is 4.81. The van der Waals surface area contributed by atoms with Crippen molar-refractivity contribution >= 4 is 33.2 Å². The molecule has 10 heteroatoms. The van der Waals surface area contributed by atoms with Gasteiger partial charge in [0.15, 0.2) is 9.84 Å². The van der Waals surface area contributed by atoms with Gasteiger partial charge in [-0.25, -0.2) is 18.2 Å². The molecule has 1 heterocycles. The molecule has 2 amide bonds. The van der Waals surface area contributed by atoms with E-state index >= 15 is 0 Å². The van der Waals surface area contributed by atoms with Gasteiger partial charge >= 0.3 is 6.09 Å². The minimum absolute atomic E-state index is 0.101. The Morgan fingerprint density at radius 2 is 1.88 bits per heavy atom. The predicted octanol–water partition coefficient (Wildman–Crippen LogP) is 3.31. The van der Waals surface area contributed by atoms with Gasteiger partial charge in [-0.1, -0.05) is 6.07 Å². The zero-order valence-corrected chi connectivity index (χ0v) is 18.9. The number of nitrogens with one attached hydrogen (secondary N) is 1. The maximum Gasteiger partial charge on any atom is 0.411 e. The van der Waals surface area contributed by atoms with Gasteiger partial charge in [0.2, 0.25) is 0 Å². The van der Waals surface area contributed by atoms with Gasteiger partial charge < -0.3 is 9.47 Å². The summed E-state index contributed by atoms with van der Waals surface area (Å²) in [7, 11) is -2.02. The SMILES string of the molecule is CCOC(=O)Nc1ccc(C(=O)N2CCCC(c3ccc(S(C)(=O)=O)c(OC)c3)=N2)cc1. The number of amides is 2. The van der Waals surface area contributed by atoms with Crippen molar-refractivity contribution in [1.29, 1.82) is 0 Å². The quantitative estimate of drug-likeness (QED) is 0.709. The molecule has 0 fully saturated rings. The second kappa shape index (κ2) is 9.82. The summed E-state index contributed by atoms with van der Waals surface area (Å²) in [5.41, 5.74) is 2.31. The van der Waals surface area contributed by atoms with Gasteiger partial charge in [-0.05, 0) is 56.2 Å². The van der Waals surface area contributed by atoms with E-state index in [9.17, 15) is 18.0 Å². The minimum Gasteiger partial charge on any atom is -0.495 e. The molecule has 0 saturated carbocycles. The summed E-state index contributed by atoms with van der Waals surface area (Å²) >= 11 is 0. The summed E-state index contributed by atoms with van der Waals surface area (Å²) in [6.45, 7) is 2.44. The zero-order valence-electron chi connectivity index (χ0n) is 18.1. The second-order valence-corrected chi connectivity index (χ2v) is 9.12. The molecule has 0 aromatic heterocycles. The first-order valence-corrected chi connectivity index (χ1v) is 11.9. The van der Waals surface area contributed by atoms with Gasteiger partial charge in [-0.15, -0.1) is 0 Å². The lowest BCUT2D eigenvalue weighted by Crippen LogP contribution is -2.32. The van der Waals surface area contributed by atoms with Crippen molar-refractivity contribution < 1.29 is 27.5 Å². The van der Waals surface area contributed by atoms with Crippen molar-refractivity contribution in [3.05, 3.63) is 53.6 Å². The fourth-order valence-electron chi connectivity index (χ4n) is 3.27. The van der Waals surface area contributed by atoms with E-state index in [-0.39, 0.29) is 23.2 Å². The van der Waals surface area contributed by atoms with Gasteiger partial charge in [0.05, 0.1) is 19.4 Å². The Morgan fingerprint density at radius 1 is 1.16 bits per heavy atom. The molecule has 9 nitrogen and oxygen atoms in total. The summed E-state index contributed by atoms with van der Waals surface area (Å²) in [5.74, 6) is -0.0366. The van der Waals surface area contributed by atoms with Crippen molar-refractivity contribution in [3.63, 3.8) is 0 Å². The van der Waals surface area contributed by atoms with Crippen LogP contribution in [0, 0.1) is 0 Å². The number of benzene rings is 2. The molecule has 0 atom stereocenters. The molecule has 1 N–H and O–H groups in total. The van der Waals surface area contributed by atoms with Crippen LogP contribution >= 0.6 is 0 Å². The second-order valence-electron chi connectivity index (χ2n) is 7.14. The highest BCUT2D eigenvalue weighted by Gasteiger charge is 2.22. The van der Waals surface area contributed by atoms with Crippen LogP contribution in [0.1, 0.15) is 35.7 Å². The van der Waals surface area contributed by atoms with Gasteiger partial charge in [-0.3, -0.25) is 10.1 Å². The van der Waals surface area contributed by atoms with Crippen LogP contribution < -0.4 is 10.1 Å². The number of hydrazone groups is 1. The Hall–Kier alpha value is -3.40. The molecule has 32 heavy (non-hydrogen) atoms. The van der Waals surface area contributed by atoms with E-state index in [1.807, 2.05) is 0 Å². The first-order valence-electron chi connectivity index (χ1n) is 10.0. The summed E-state index contributed by atoms with van der Waals surface area (Å²) in [6.07, 6.45) is 1.92. The van der Waals surface area contributed by atoms with Crippen molar-refractivity contribution in [1.82, 2.24) is 5.01 Å². The molecule has 2 aromatic rings. The standard InChI is InChI=1S/C22H25N3O6S/c1-4-31-22(27)23-17-10-7-15(8-11-17)21(26)25-13-5-6-18(24-25)16-9-12-20(32(3,28)29)19(14-16)30-2/h7-12,14H,4-6,13H2,1-3H3,(H,23,27). The van der Waals surface area contributed by atoms with Gasteiger partial charge in [0.25, 0.3) is 5.91 Å². The highest BCUT2D eigenvalue weighted by Crippen LogP contribution is 2.27. The monoisotopic (exact) mass is 459 g/mol. The summed E-state index contributed by atoms with van der Waals surface area (Å²) in [4.78, 5) is 24.5. The molecule has 1 aliphatic heterocycles. The maximum atomic E-state index is 12.9. The van der Waals surface area contributed by atoms with Crippen LogP contribution in [0.4, 0.5) is 10.5 Å². The maximum absolute atomic E-state index is 12.9. The average molecular weight is 460 g/mol. The van der Waals surface area contributed by atoms with E-state index in [4.69, 9.17) is 9.47 Å². The molecule has 0 aliphatic carbocycles. The van der Waals surface area contributed by atoms with Crippen LogP contribution in [-0.2, 0) is 14.6 Å². The molecule has 0 bridgehead atoms. The third kappa shape index (κ3) is 5.44. The topological polar surface area (TPSA) is 114 Å². The minimum atomic E-state index is -3.43. The number of carbonyl (C=O) groups is 2. The van der Waals surface area contributed by atoms with Gasteiger partial charge in [-0.2, -0.15) is 5.10 Å². The van der Waals surface area contributed by atoms with Crippen LogP contribution in [0.15, 0.2) is 52.5 Å². The first-order chi connectivity index (χ1) is 15.2. The highest BCUT2D eigenvalue weighted by atomic mass is 32.2. The lowest BCUT2D eigenvalue weighted by Gasteiger charge is -2.24. The zero-order chi connectivity index (χ0) is 23.3. The number of sulfone groups is 1. The molecule has 2 aromatic carbocycles. The van der Waals surface area contributed by atoms with Crippen molar-refractivity contribution in [2.24, 2.45) is 5.10 Å². The molecule has 170 valence electrons. The largest absolute Gasteiger partial charge is 0.495 e. The van der Waals surface area contributed by atoms with Crippen molar-refractivity contribution in [3.8, 4) is 5.75 Å². The number of hydrogen-bond donors (Lipinski definition) is 1. The number of ether oxygens (including phenoxy) is 2. The summed E-state index contributed by atoms with van der Waals surface area (Å²) in [6, 6.07) is 11.2. The molecular weight excluding hydrogens is 434 g/mol. The van der Waals surface area contributed by atoms with Gasteiger partial charge in [0, 0.05) is 29.6 Å². The normalized spacial score (nSPS) is 13.8. The van der Waals surface area contributed by atoms with E-state index < -0.39 is 15.9 Å². The molecule has 0 radical (unpaired) electrons.